The summed E-state index contributed by atoms with van der Waals surface area (Å²) in [5, 5.41) is 2.87. The zero-order valence-corrected chi connectivity index (χ0v) is 14.3. The van der Waals surface area contributed by atoms with Crippen LogP contribution in [0.2, 0.25) is 0 Å². The quantitative estimate of drug-likeness (QED) is 0.875. The third-order valence-corrected chi connectivity index (χ3v) is 4.77. The van der Waals surface area contributed by atoms with E-state index in [4.69, 9.17) is 0 Å². The van der Waals surface area contributed by atoms with E-state index in [9.17, 15) is 13.2 Å². The fraction of sp³-hybridized carbons (Fsp3) is 0.278. The molecule has 126 valence electrons. The van der Waals surface area contributed by atoms with Crippen LogP contribution in [0, 0.1) is 0 Å². The maximum absolute atomic E-state index is 12.3. The maximum atomic E-state index is 12.3. The number of fused-ring (bicyclic) bond motifs is 1. The lowest BCUT2D eigenvalue weighted by Gasteiger charge is -2.12. The van der Waals surface area contributed by atoms with E-state index >= 15 is 0 Å². The molecule has 0 bridgehead atoms. The summed E-state index contributed by atoms with van der Waals surface area (Å²) in [5.41, 5.74) is 3.75. The van der Waals surface area contributed by atoms with E-state index in [1.807, 2.05) is 12.1 Å². The molecule has 0 spiro atoms. The fourth-order valence-corrected chi connectivity index (χ4v) is 3.69. The average molecular weight is 344 g/mol. The molecule has 2 aromatic rings. The van der Waals surface area contributed by atoms with Gasteiger partial charge in [-0.25, -0.2) is 8.42 Å². The Balaban J connectivity index is 1.60. The van der Waals surface area contributed by atoms with Crippen molar-refractivity contribution in [3.63, 3.8) is 0 Å². The van der Waals surface area contributed by atoms with Gasteiger partial charge in [0.15, 0.2) is 0 Å². The molecule has 1 atom stereocenters. The number of carbonyl (C=O) groups excluding carboxylic acids is 1. The molecular formula is C18H20N2O3S. The van der Waals surface area contributed by atoms with E-state index in [1.54, 1.807) is 24.3 Å². The molecule has 0 aromatic heterocycles. The largest absolute Gasteiger partial charge is 0.326 e. The van der Waals surface area contributed by atoms with Crippen LogP contribution in [-0.4, -0.2) is 20.6 Å². The average Bonchev–Trinajstić information content (AvgIpc) is 2.91. The Labute approximate surface area is 142 Å². The minimum absolute atomic E-state index is 0.0273. The first kappa shape index (κ1) is 16.5. The Morgan fingerprint density at radius 1 is 1.08 bits per heavy atom. The smallest absolute Gasteiger partial charge is 0.229 e. The number of amides is 1. The second-order valence-corrected chi connectivity index (χ2v) is 7.89. The first-order valence-corrected chi connectivity index (χ1v) is 9.75. The van der Waals surface area contributed by atoms with Crippen molar-refractivity contribution in [2.24, 2.45) is 0 Å². The van der Waals surface area contributed by atoms with Gasteiger partial charge in [-0.1, -0.05) is 24.3 Å². The van der Waals surface area contributed by atoms with Gasteiger partial charge < -0.3 is 5.32 Å². The van der Waals surface area contributed by atoms with Gasteiger partial charge in [0.05, 0.1) is 6.26 Å². The Hall–Kier alpha value is -2.34. The molecule has 1 aliphatic carbocycles. The van der Waals surface area contributed by atoms with Crippen LogP contribution in [-0.2, 0) is 21.2 Å². The fourth-order valence-electron chi connectivity index (χ4n) is 3.13. The summed E-state index contributed by atoms with van der Waals surface area (Å²) in [6, 6.07) is 14.9. The number of benzene rings is 2. The third kappa shape index (κ3) is 4.14. The van der Waals surface area contributed by atoms with Gasteiger partial charge in [0, 0.05) is 17.8 Å². The summed E-state index contributed by atoms with van der Waals surface area (Å²) < 4.78 is 24.7. The summed E-state index contributed by atoms with van der Waals surface area (Å²) in [4.78, 5) is 12.3. The van der Waals surface area contributed by atoms with Crippen molar-refractivity contribution in [3.05, 3.63) is 59.7 Å². The van der Waals surface area contributed by atoms with Gasteiger partial charge in [0.25, 0.3) is 0 Å². The van der Waals surface area contributed by atoms with Gasteiger partial charge in [-0.2, -0.15) is 0 Å². The zero-order valence-electron chi connectivity index (χ0n) is 13.5. The van der Waals surface area contributed by atoms with E-state index in [2.05, 4.69) is 22.2 Å². The van der Waals surface area contributed by atoms with Crippen molar-refractivity contribution in [2.45, 2.75) is 25.2 Å². The molecule has 2 aromatic carbocycles. The first-order valence-electron chi connectivity index (χ1n) is 7.86. The van der Waals surface area contributed by atoms with Crippen LogP contribution < -0.4 is 10.0 Å². The Morgan fingerprint density at radius 2 is 1.75 bits per heavy atom. The van der Waals surface area contributed by atoms with Crippen molar-refractivity contribution in [3.8, 4) is 0 Å². The zero-order chi connectivity index (χ0) is 17.2. The van der Waals surface area contributed by atoms with Gasteiger partial charge in [-0.05, 0) is 54.2 Å². The first-order chi connectivity index (χ1) is 11.4. The maximum Gasteiger partial charge on any atom is 0.229 e. The molecule has 0 heterocycles. The molecule has 1 unspecified atom stereocenters. The molecule has 3 rings (SSSR count). The van der Waals surface area contributed by atoms with Crippen LogP contribution in [0.3, 0.4) is 0 Å². The predicted molar refractivity (Wildman–Crippen MR) is 95.7 cm³/mol. The normalized spacial score (nSPS) is 16.5. The van der Waals surface area contributed by atoms with E-state index in [1.165, 1.54) is 11.1 Å². The van der Waals surface area contributed by atoms with Gasteiger partial charge in [-0.15, -0.1) is 0 Å². The number of rotatable bonds is 5. The highest BCUT2D eigenvalue weighted by atomic mass is 32.2. The summed E-state index contributed by atoms with van der Waals surface area (Å²) in [6.45, 7) is 0. The van der Waals surface area contributed by atoms with Crippen LogP contribution >= 0.6 is 0 Å². The van der Waals surface area contributed by atoms with Gasteiger partial charge in [0.2, 0.25) is 15.9 Å². The molecule has 0 radical (unpaired) electrons. The van der Waals surface area contributed by atoms with Gasteiger partial charge in [0.1, 0.15) is 0 Å². The molecule has 5 nitrogen and oxygen atoms in total. The topological polar surface area (TPSA) is 75.3 Å². The van der Waals surface area contributed by atoms with E-state index in [0.29, 0.717) is 17.8 Å². The standard InChI is InChI=1S/C18H20N2O3S/c1-24(22,23)20-16-10-8-15(9-11-16)19-18(21)12-14-7-6-13-4-2-3-5-17(13)14/h2-5,8-11,14,20H,6-7,12H2,1H3,(H,19,21). The molecule has 2 N–H and O–H groups in total. The highest BCUT2D eigenvalue weighted by molar-refractivity contribution is 7.92. The minimum Gasteiger partial charge on any atom is -0.326 e. The lowest BCUT2D eigenvalue weighted by molar-refractivity contribution is -0.116. The molecule has 0 saturated carbocycles. The van der Waals surface area contributed by atoms with Crippen molar-refractivity contribution in [1.82, 2.24) is 0 Å². The highest BCUT2D eigenvalue weighted by Crippen LogP contribution is 2.35. The van der Waals surface area contributed by atoms with Crippen molar-refractivity contribution >= 4 is 27.3 Å². The van der Waals surface area contributed by atoms with E-state index < -0.39 is 10.0 Å². The molecule has 0 aliphatic heterocycles. The molecule has 1 aliphatic rings. The van der Waals surface area contributed by atoms with Gasteiger partial charge in [-0.3, -0.25) is 9.52 Å². The lowest BCUT2D eigenvalue weighted by Crippen LogP contribution is -2.15. The molecule has 0 saturated heterocycles. The van der Waals surface area contributed by atoms with Crippen molar-refractivity contribution < 1.29 is 13.2 Å². The number of sulfonamides is 1. The number of hydrogen-bond acceptors (Lipinski definition) is 3. The molecule has 6 heteroatoms. The predicted octanol–water partition coefficient (Wildman–Crippen LogP) is 3.12. The SMILES string of the molecule is CS(=O)(=O)Nc1ccc(NC(=O)CC2CCc3ccccc32)cc1. The monoisotopic (exact) mass is 344 g/mol. The van der Waals surface area contributed by atoms with Crippen molar-refractivity contribution in [2.75, 3.05) is 16.3 Å². The van der Waals surface area contributed by atoms with Crippen LogP contribution in [0.5, 0.6) is 0 Å². The van der Waals surface area contributed by atoms with Crippen molar-refractivity contribution in [1.29, 1.82) is 0 Å². The summed E-state index contributed by atoms with van der Waals surface area (Å²) in [6.07, 6.45) is 3.59. The Morgan fingerprint density at radius 3 is 2.46 bits per heavy atom. The number of hydrogen-bond donors (Lipinski definition) is 2. The molecule has 1 amide bonds. The van der Waals surface area contributed by atoms with Crippen LogP contribution in [0.15, 0.2) is 48.5 Å². The summed E-state index contributed by atoms with van der Waals surface area (Å²) in [7, 11) is -3.29. The van der Waals surface area contributed by atoms with Crippen LogP contribution in [0.1, 0.15) is 29.9 Å². The lowest BCUT2D eigenvalue weighted by atomic mass is 9.97. The molecular weight excluding hydrogens is 324 g/mol. The number of anilines is 2. The number of aryl methyl sites for hydroxylation is 1. The minimum atomic E-state index is -3.29. The molecule has 24 heavy (non-hydrogen) atoms. The second kappa shape index (κ2) is 6.65. The summed E-state index contributed by atoms with van der Waals surface area (Å²) in [5.74, 6) is 0.243. The Kier molecular flexibility index (Phi) is 4.57. The third-order valence-electron chi connectivity index (χ3n) is 4.16. The molecule has 0 fully saturated rings. The number of carbonyl (C=O) groups is 1. The second-order valence-electron chi connectivity index (χ2n) is 6.14. The highest BCUT2D eigenvalue weighted by Gasteiger charge is 2.24. The van der Waals surface area contributed by atoms with E-state index in [0.717, 1.165) is 19.1 Å². The summed E-state index contributed by atoms with van der Waals surface area (Å²) >= 11 is 0. The van der Waals surface area contributed by atoms with Crippen LogP contribution in [0.4, 0.5) is 11.4 Å². The Bertz CT molecular complexity index is 845. The number of nitrogens with one attached hydrogen (secondary N) is 2. The van der Waals surface area contributed by atoms with Crippen LogP contribution in [0.25, 0.3) is 0 Å². The van der Waals surface area contributed by atoms with Gasteiger partial charge >= 0.3 is 0 Å². The van der Waals surface area contributed by atoms with E-state index in [-0.39, 0.29) is 11.8 Å².